The third-order valence-electron chi connectivity index (χ3n) is 15.6. The van der Waals surface area contributed by atoms with E-state index in [1.54, 1.807) is 0 Å². The molecule has 0 aromatic rings. The van der Waals surface area contributed by atoms with E-state index in [1.807, 2.05) is 0 Å². The number of hydrogen-bond donors (Lipinski definition) is 3. The van der Waals surface area contributed by atoms with Gasteiger partial charge in [0.2, 0.25) is 5.91 Å². The van der Waals surface area contributed by atoms with Gasteiger partial charge in [-0.1, -0.05) is 321 Å². The number of hydrogen-bond acceptors (Lipinski definition) is 5. The van der Waals surface area contributed by atoms with E-state index in [2.05, 4.69) is 31.3 Å². The molecule has 0 aliphatic rings. The Balaban J connectivity index is 3.30. The minimum Gasteiger partial charge on any atom is -0.466 e. The molecule has 0 aliphatic heterocycles. The summed E-state index contributed by atoms with van der Waals surface area (Å²) in [6, 6.07) is -0.536. The normalized spacial score (nSPS) is 12.6. The van der Waals surface area contributed by atoms with Gasteiger partial charge in [-0.15, -0.1) is 0 Å². The summed E-state index contributed by atoms with van der Waals surface area (Å²) >= 11 is 0. The number of rotatable bonds is 62. The number of carbonyl (C=O) groups excluding carboxylic acids is 2. The maximum Gasteiger partial charge on any atom is 0.305 e. The Labute approximate surface area is 450 Å². The molecule has 1 amide bonds. The van der Waals surface area contributed by atoms with E-state index in [4.69, 9.17) is 4.74 Å². The monoisotopic (exact) mass is 1020 g/mol. The maximum atomic E-state index is 12.5. The van der Waals surface area contributed by atoms with Crippen LogP contribution in [-0.2, 0) is 14.3 Å². The Kier molecular flexibility index (Phi) is 60.9. The summed E-state index contributed by atoms with van der Waals surface area (Å²) in [7, 11) is 0. The average molecular weight is 1020 g/mol. The van der Waals surface area contributed by atoms with E-state index in [1.165, 1.54) is 295 Å². The van der Waals surface area contributed by atoms with Gasteiger partial charge in [-0.2, -0.15) is 0 Å². The molecule has 0 fully saturated rings. The van der Waals surface area contributed by atoms with Crippen LogP contribution >= 0.6 is 0 Å². The number of esters is 1. The highest BCUT2D eigenvalue weighted by Crippen LogP contribution is 2.19. The predicted molar refractivity (Wildman–Crippen MR) is 315 cm³/mol. The van der Waals surface area contributed by atoms with Crippen molar-refractivity contribution in [2.45, 2.75) is 386 Å². The number of allylic oxidation sites excluding steroid dienone is 2. The number of aliphatic hydroxyl groups is 2. The topological polar surface area (TPSA) is 95.9 Å². The van der Waals surface area contributed by atoms with Crippen molar-refractivity contribution in [1.29, 1.82) is 0 Å². The lowest BCUT2D eigenvalue weighted by Crippen LogP contribution is -2.45. The zero-order valence-corrected chi connectivity index (χ0v) is 48.9. The van der Waals surface area contributed by atoms with Crippen LogP contribution in [0.1, 0.15) is 373 Å². The van der Waals surface area contributed by atoms with Gasteiger partial charge in [-0.05, 0) is 51.4 Å². The summed E-state index contributed by atoms with van der Waals surface area (Å²) in [6.45, 7) is 4.96. The van der Waals surface area contributed by atoms with Crippen molar-refractivity contribution in [3.63, 3.8) is 0 Å². The Morgan fingerprint density at radius 3 is 0.986 bits per heavy atom. The lowest BCUT2D eigenvalue weighted by molar-refractivity contribution is -0.143. The van der Waals surface area contributed by atoms with E-state index in [0.717, 1.165) is 44.9 Å². The summed E-state index contributed by atoms with van der Waals surface area (Å²) in [5.74, 6) is -0.0181. The van der Waals surface area contributed by atoms with E-state index < -0.39 is 12.1 Å². The Morgan fingerprint density at radius 1 is 0.375 bits per heavy atom. The van der Waals surface area contributed by atoms with Crippen molar-refractivity contribution in [3.05, 3.63) is 12.2 Å². The first-order chi connectivity index (χ1) is 35.5. The van der Waals surface area contributed by atoms with E-state index in [0.29, 0.717) is 25.9 Å². The summed E-state index contributed by atoms with van der Waals surface area (Å²) in [5.41, 5.74) is 0. The molecule has 2 unspecified atom stereocenters. The van der Waals surface area contributed by atoms with Crippen LogP contribution in [0, 0.1) is 0 Å². The highest BCUT2D eigenvalue weighted by atomic mass is 16.5. The predicted octanol–water partition coefficient (Wildman–Crippen LogP) is 20.8. The van der Waals surface area contributed by atoms with Crippen LogP contribution in [0.3, 0.4) is 0 Å². The van der Waals surface area contributed by atoms with E-state index in [-0.39, 0.29) is 18.5 Å². The SMILES string of the molecule is CCCCCCC/C=C\CCCCCCCC(=O)OCCCCCCCCCCCCCCCCCCCCCCCCCCCCCCCCC(=O)NC(CO)C(O)CCCCCCCCCCCCC. The molecule has 0 aromatic heterocycles. The first kappa shape index (κ1) is 70.6. The highest BCUT2D eigenvalue weighted by molar-refractivity contribution is 5.76. The van der Waals surface area contributed by atoms with Gasteiger partial charge in [0.05, 0.1) is 25.4 Å². The van der Waals surface area contributed by atoms with Crippen molar-refractivity contribution in [3.8, 4) is 0 Å². The van der Waals surface area contributed by atoms with Crippen molar-refractivity contribution < 1.29 is 24.5 Å². The first-order valence-corrected chi connectivity index (χ1v) is 32.9. The smallest absolute Gasteiger partial charge is 0.305 e. The van der Waals surface area contributed by atoms with Crippen molar-refractivity contribution in [1.82, 2.24) is 5.32 Å². The summed E-state index contributed by atoms with van der Waals surface area (Å²) in [5, 5.41) is 23.2. The van der Waals surface area contributed by atoms with Gasteiger partial charge >= 0.3 is 5.97 Å². The van der Waals surface area contributed by atoms with Crippen LogP contribution in [0.4, 0.5) is 0 Å². The van der Waals surface area contributed by atoms with Gasteiger partial charge < -0.3 is 20.3 Å². The van der Waals surface area contributed by atoms with Crippen LogP contribution in [-0.4, -0.2) is 47.4 Å². The minimum absolute atomic E-state index is 0.0121. The van der Waals surface area contributed by atoms with E-state index >= 15 is 0 Å². The van der Waals surface area contributed by atoms with Crippen molar-refractivity contribution in [2.75, 3.05) is 13.2 Å². The Bertz CT molecular complexity index is 1080. The number of aliphatic hydroxyl groups excluding tert-OH is 2. The maximum absolute atomic E-state index is 12.5. The second-order valence-corrected chi connectivity index (χ2v) is 22.8. The lowest BCUT2D eigenvalue weighted by atomic mass is 10.0. The number of carbonyl (C=O) groups is 2. The average Bonchev–Trinajstić information content (AvgIpc) is 3.38. The second-order valence-electron chi connectivity index (χ2n) is 22.8. The third kappa shape index (κ3) is 57.9. The fourth-order valence-electron chi connectivity index (χ4n) is 10.5. The summed E-state index contributed by atoms with van der Waals surface area (Å²) < 4.78 is 5.49. The molecule has 0 saturated carbocycles. The first-order valence-electron chi connectivity index (χ1n) is 32.9. The summed E-state index contributed by atoms with van der Waals surface area (Å²) in [6.07, 6.45) is 75.4. The number of amides is 1. The van der Waals surface area contributed by atoms with Crippen LogP contribution in [0.15, 0.2) is 12.2 Å². The van der Waals surface area contributed by atoms with E-state index in [9.17, 15) is 19.8 Å². The molecule has 6 nitrogen and oxygen atoms in total. The van der Waals surface area contributed by atoms with Gasteiger partial charge in [0.15, 0.2) is 0 Å². The lowest BCUT2D eigenvalue weighted by Gasteiger charge is -2.22. The zero-order valence-electron chi connectivity index (χ0n) is 48.9. The highest BCUT2D eigenvalue weighted by Gasteiger charge is 2.20. The third-order valence-corrected chi connectivity index (χ3v) is 15.6. The largest absolute Gasteiger partial charge is 0.466 e. The molecule has 0 aliphatic carbocycles. The molecular formula is C66H129NO5. The van der Waals surface area contributed by atoms with Crippen LogP contribution in [0.2, 0.25) is 0 Å². The molecule has 2 atom stereocenters. The molecule has 0 radical (unpaired) electrons. The van der Waals surface area contributed by atoms with Gasteiger partial charge in [0.25, 0.3) is 0 Å². The molecule has 0 rings (SSSR count). The Hall–Kier alpha value is -1.40. The fourth-order valence-corrected chi connectivity index (χ4v) is 10.5. The molecule has 0 aromatic carbocycles. The van der Waals surface area contributed by atoms with Crippen LogP contribution in [0.25, 0.3) is 0 Å². The Morgan fingerprint density at radius 2 is 0.653 bits per heavy atom. The minimum atomic E-state index is -0.659. The standard InChI is InChI=1S/C66H129NO5/c1-3-5-7-9-11-13-15-16-36-40-44-48-52-56-60-66(71)72-61-57-53-49-45-41-37-34-32-30-28-26-24-22-20-18-17-19-21-23-25-27-29-31-33-35-39-43-47-51-55-59-65(70)67-63(62-68)64(69)58-54-50-46-42-38-14-12-10-8-6-4-2/h15-16,63-64,68-69H,3-14,17-62H2,1-2H3,(H,67,70)/b16-15-. The molecule has 0 spiro atoms. The molecule has 3 N–H and O–H groups in total. The number of unbranched alkanes of at least 4 members (excludes halogenated alkanes) is 49. The molecular weight excluding hydrogens is 887 g/mol. The molecule has 0 saturated heterocycles. The van der Waals surface area contributed by atoms with Gasteiger partial charge in [-0.3, -0.25) is 9.59 Å². The molecule has 6 heteroatoms. The number of nitrogens with one attached hydrogen (secondary N) is 1. The zero-order chi connectivity index (χ0) is 52.2. The number of ether oxygens (including phenoxy) is 1. The van der Waals surface area contributed by atoms with Crippen molar-refractivity contribution in [2.24, 2.45) is 0 Å². The molecule has 0 bridgehead atoms. The quantitative estimate of drug-likeness (QED) is 0.0320. The molecule has 428 valence electrons. The molecule has 72 heavy (non-hydrogen) atoms. The fraction of sp³-hybridized carbons (Fsp3) is 0.939. The van der Waals surface area contributed by atoms with Crippen LogP contribution < -0.4 is 5.32 Å². The van der Waals surface area contributed by atoms with Crippen LogP contribution in [0.5, 0.6) is 0 Å². The van der Waals surface area contributed by atoms with Gasteiger partial charge in [0.1, 0.15) is 0 Å². The van der Waals surface area contributed by atoms with Gasteiger partial charge in [0, 0.05) is 12.8 Å². The molecule has 0 heterocycles. The summed E-state index contributed by atoms with van der Waals surface area (Å²) in [4.78, 5) is 24.5. The van der Waals surface area contributed by atoms with Gasteiger partial charge in [-0.25, -0.2) is 0 Å². The van der Waals surface area contributed by atoms with Crippen molar-refractivity contribution >= 4 is 11.9 Å². The second kappa shape index (κ2) is 62.1.